The zero-order valence-corrected chi connectivity index (χ0v) is 12.7. The fourth-order valence-corrected chi connectivity index (χ4v) is 3.75. The van der Waals surface area contributed by atoms with Crippen molar-refractivity contribution >= 4 is 27.8 Å². The molecule has 1 aromatic rings. The second-order valence-corrected chi connectivity index (χ2v) is 6.68. The van der Waals surface area contributed by atoms with Crippen LogP contribution in [0.3, 0.4) is 0 Å². The molecule has 0 saturated heterocycles. The molecule has 0 aliphatic heterocycles. The maximum Gasteiger partial charge on any atom is 0.174 e. The van der Waals surface area contributed by atoms with Crippen LogP contribution in [-0.2, 0) is 0 Å². The number of nitrogens with one attached hydrogen (secondary N) is 1. The van der Waals surface area contributed by atoms with Gasteiger partial charge in [-0.25, -0.2) is 0 Å². The topological polar surface area (TPSA) is 55.1 Å². The van der Waals surface area contributed by atoms with Crippen molar-refractivity contribution in [1.82, 2.24) is 0 Å². The minimum atomic E-state index is 0.144. The highest BCUT2D eigenvalue weighted by molar-refractivity contribution is 7.18. The normalized spacial score (nSPS) is 23.9. The van der Waals surface area contributed by atoms with Gasteiger partial charge in [0.2, 0.25) is 0 Å². The summed E-state index contributed by atoms with van der Waals surface area (Å²) in [7, 11) is 0. The minimum Gasteiger partial charge on any atom is -0.397 e. The lowest BCUT2D eigenvalue weighted by molar-refractivity contribution is 0.0993. The molecule has 2 atom stereocenters. The van der Waals surface area contributed by atoms with Crippen LogP contribution in [0.1, 0.15) is 62.0 Å². The van der Waals surface area contributed by atoms with Gasteiger partial charge in [-0.15, -0.1) is 11.3 Å². The van der Waals surface area contributed by atoms with E-state index in [1.54, 1.807) is 0 Å². The molecule has 1 aliphatic carbocycles. The Morgan fingerprint density at radius 3 is 2.95 bits per heavy atom. The molecule has 0 aromatic carbocycles. The van der Waals surface area contributed by atoms with E-state index in [1.807, 2.05) is 13.0 Å². The van der Waals surface area contributed by atoms with Crippen molar-refractivity contribution in [3.63, 3.8) is 0 Å². The molecule has 19 heavy (non-hydrogen) atoms. The Morgan fingerprint density at radius 2 is 2.21 bits per heavy atom. The van der Waals surface area contributed by atoms with Gasteiger partial charge in [0, 0.05) is 12.5 Å². The van der Waals surface area contributed by atoms with Crippen molar-refractivity contribution in [2.75, 3.05) is 11.1 Å². The number of thiophene rings is 1. The Balaban J connectivity index is 2.01. The molecule has 2 rings (SSSR count). The lowest BCUT2D eigenvalue weighted by Gasteiger charge is -2.16. The second kappa shape index (κ2) is 6.42. The SMILES string of the molecule is CCC(=O)c1sc(NC2CCCC(C)CC2)cc1N. The zero-order valence-electron chi connectivity index (χ0n) is 11.9. The van der Waals surface area contributed by atoms with E-state index < -0.39 is 0 Å². The summed E-state index contributed by atoms with van der Waals surface area (Å²) in [5.41, 5.74) is 6.55. The fourth-order valence-electron chi connectivity index (χ4n) is 2.69. The second-order valence-electron chi connectivity index (χ2n) is 5.63. The number of hydrogen-bond donors (Lipinski definition) is 2. The Kier molecular flexibility index (Phi) is 4.86. The van der Waals surface area contributed by atoms with Crippen LogP contribution >= 0.6 is 11.3 Å². The van der Waals surface area contributed by atoms with E-state index >= 15 is 0 Å². The molecule has 1 aliphatic rings. The molecule has 0 spiro atoms. The monoisotopic (exact) mass is 280 g/mol. The standard InChI is InChI=1S/C15H24N2OS/c1-3-13(18)15-12(16)9-14(19-15)17-11-6-4-5-10(2)7-8-11/h9-11,17H,3-8,16H2,1-2H3. The van der Waals surface area contributed by atoms with E-state index in [9.17, 15) is 4.79 Å². The molecule has 3 N–H and O–H groups in total. The van der Waals surface area contributed by atoms with E-state index in [1.165, 1.54) is 43.4 Å². The lowest BCUT2D eigenvalue weighted by atomic mass is 10.0. The molecular weight excluding hydrogens is 256 g/mol. The number of ketones is 1. The highest BCUT2D eigenvalue weighted by Gasteiger charge is 2.18. The van der Waals surface area contributed by atoms with Crippen LogP contribution in [0.4, 0.5) is 10.7 Å². The van der Waals surface area contributed by atoms with Crippen molar-refractivity contribution < 1.29 is 4.79 Å². The van der Waals surface area contributed by atoms with Crippen LogP contribution < -0.4 is 11.1 Å². The minimum absolute atomic E-state index is 0.144. The van der Waals surface area contributed by atoms with Gasteiger partial charge in [-0.1, -0.05) is 26.7 Å². The Labute approximate surface area is 119 Å². The first-order valence-electron chi connectivity index (χ1n) is 7.29. The third kappa shape index (κ3) is 3.72. The molecule has 1 heterocycles. The van der Waals surface area contributed by atoms with Crippen molar-refractivity contribution in [3.8, 4) is 0 Å². The first-order valence-corrected chi connectivity index (χ1v) is 8.10. The van der Waals surface area contributed by atoms with Crippen LogP contribution in [0.5, 0.6) is 0 Å². The number of Topliss-reactive ketones (excluding diaryl/α,β-unsaturated/α-hetero) is 1. The summed E-state index contributed by atoms with van der Waals surface area (Å²) in [6.07, 6.45) is 6.88. The molecule has 3 nitrogen and oxygen atoms in total. The molecule has 1 saturated carbocycles. The first-order chi connectivity index (χ1) is 9.10. The predicted octanol–water partition coefficient (Wildman–Crippen LogP) is 4.30. The van der Waals surface area contributed by atoms with E-state index in [2.05, 4.69) is 12.2 Å². The third-order valence-electron chi connectivity index (χ3n) is 3.94. The van der Waals surface area contributed by atoms with Gasteiger partial charge in [0.1, 0.15) is 0 Å². The highest BCUT2D eigenvalue weighted by Crippen LogP contribution is 2.32. The number of rotatable bonds is 4. The number of nitrogens with two attached hydrogens (primary N) is 1. The van der Waals surface area contributed by atoms with Gasteiger partial charge < -0.3 is 11.1 Å². The summed E-state index contributed by atoms with van der Waals surface area (Å²) in [5.74, 6) is 0.988. The summed E-state index contributed by atoms with van der Waals surface area (Å²) < 4.78 is 0. The molecule has 4 heteroatoms. The zero-order chi connectivity index (χ0) is 13.8. The molecule has 1 aromatic heterocycles. The largest absolute Gasteiger partial charge is 0.397 e. The molecule has 0 radical (unpaired) electrons. The lowest BCUT2D eigenvalue weighted by Crippen LogP contribution is -2.17. The van der Waals surface area contributed by atoms with Gasteiger partial charge in [0.15, 0.2) is 5.78 Å². The van der Waals surface area contributed by atoms with Gasteiger partial charge >= 0.3 is 0 Å². The summed E-state index contributed by atoms with van der Waals surface area (Å²) in [4.78, 5) is 12.5. The molecule has 0 bridgehead atoms. The van der Waals surface area contributed by atoms with E-state index in [4.69, 9.17) is 5.73 Å². The van der Waals surface area contributed by atoms with Crippen LogP contribution in [0.2, 0.25) is 0 Å². The average molecular weight is 280 g/mol. The maximum atomic E-state index is 11.7. The molecular formula is C15H24N2OS. The summed E-state index contributed by atoms with van der Waals surface area (Å²) >= 11 is 1.51. The van der Waals surface area contributed by atoms with Crippen LogP contribution in [-0.4, -0.2) is 11.8 Å². The van der Waals surface area contributed by atoms with Gasteiger partial charge in [-0.3, -0.25) is 4.79 Å². The van der Waals surface area contributed by atoms with Crippen LogP contribution in [0.15, 0.2) is 6.07 Å². The summed E-state index contributed by atoms with van der Waals surface area (Å²) in [6.45, 7) is 4.21. The average Bonchev–Trinajstić information content (AvgIpc) is 2.62. The highest BCUT2D eigenvalue weighted by atomic mass is 32.1. The predicted molar refractivity (Wildman–Crippen MR) is 83.0 cm³/mol. The van der Waals surface area contributed by atoms with Gasteiger partial charge in [-0.05, 0) is 31.2 Å². The van der Waals surface area contributed by atoms with Crippen molar-refractivity contribution in [2.45, 2.75) is 58.4 Å². The summed E-state index contributed by atoms with van der Waals surface area (Å²) in [5, 5.41) is 4.62. The molecule has 2 unspecified atom stereocenters. The van der Waals surface area contributed by atoms with Crippen molar-refractivity contribution in [3.05, 3.63) is 10.9 Å². The van der Waals surface area contributed by atoms with Gasteiger partial charge in [0.25, 0.3) is 0 Å². The number of carbonyl (C=O) groups excluding carboxylic acids is 1. The van der Waals surface area contributed by atoms with Crippen molar-refractivity contribution in [1.29, 1.82) is 0 Å². The first kappa shape index (κ1) is 14.4. The van der Waals surface area contributed by atoms with Gasteiger partial charge in [0.05, 0.1) is 15.6 Å². The van der Waals surface area contributed by atoms with E-state index in [0.29, 0.717) is 23.0 Å². The van der Waals surface area contributed by atoms with E-state index in [0.717, 1.165) is 10.9 Å². The number of nitrogen functional groups attached to an aromatic ring is 1. The number of hydrogen-bond acceptors (Lipinski definition) is 4. The van der Waals surface area contributed by atoms with Crippen LogP contribution in [0.25, 0.3) is 0 Å². The Bertz CT molecular complexity index is 441. The Hall–Kier alpha value is -1.03. The maximum absolute atomic E-state index is 11.7. The van der Waals surface area contributed by atoms with Crippen LogP contribution in [0, 0.1) is 5.92 Å². The smallest absolute Gasteiger partial charge is 0.174 e. The molecule has 106 valence electrons. The number of anilines is 2. The Morgan fingerprint density at radius 1 is 1.42 bits per heavy atom. The third-order valence-corrected chi connectivity index (χ3v) is 5.06. The van der Waals surface area contributed by atoms with Gasteiger partial charge in [-0.2, -0.15) is 0 Å². The van der Waals surface area contributed by atoms with E-state index in [-0.39, 0.29) is 5.78 Å². The van der Waals surface area contributed by atoms with Crippen molar-refractivity contribution in [2.24, 2.45) is 5.92 Å². The summed E-state index contributed by atoms with van der Waals surface area (Å²) in [6, 6.07) is 2.45. The fraction of sp³-hybridized carbons (Fsp3) is 0.667. The molecule has 1 fully saturated rings. The molecule has 0 amide bonds. The number of carbonyl (C=O) groups is 1. The quantitative estimate of drug-likeness (QED) is 0.638.